The van der Waals surface area contributed by atoms with E-state index in [2.05, 4.69) is 15.1 Å². The first-order chi connectivity index (χ1) is 6.95. The Balaban J connectivity index is 1.68. The second-order valence-corrected chi connectivity index (χ2v) is 4.52. The quantitative estimate of drug-likeness (QED) is 0.618. The Hall–Kier alpha value is -0.480. The van der Waals surface area contributed by atoms with E-state index in [9.17, 15) is 0 Å². The third-order valence-corrected chi connectivity index (χ3v) is 3.68. The van der Waals surface area contributed by atoms with E-state index >= 15 is 0 Å². The van der Waals surface area contributed by atoms with Gasteiger partial charge >= 0.3 is 0 Å². The summed E-state index contributed by atoms with van der Waals surface area (Å²) in [5, 5.41) is 8.01. The Morgan fingerprint density at radius 1 is 1.43 bits per heavy atom. The highest BCUT2D eigenvalue weighted by molar-refractivity contribution is 4.81. The molecule has 4 heteroatoms. The average Bonchev–Trinajstić information content (AvgIpc) is 2.79. The van der Waals surface area contributed by atoms with E-state index in [1.807, 2.05) is 0 Å². The minimum Gasteiger partial charge on any atom is -0.316 e. The van der Waals surface area contributed by atoms with Crippen molar-refractivity contribution in [3.05, 3.63) is 0 Å². The van der Waals surface area contributed by atoms with Crippen molar-refractivity contribution < 1.29 is 9.43 Å². The van der Waals surface area contributed by atoms with Gasteiger partial charge < -0.3 is 10.1 Å². The molecule has 78 valence electrons. The number of nitrogens with zero attached hydrogens (tertiary/aromatic N) is 2. The van der Waals surface area contributed by atoms with Crippen LogP contribution in [0.25, 0.3) is 0 Å². The third-order valence-electron chi connectivity index (χ3n) is 3.68. The maximum atomic E-state index is 5.75. The summed E-state index contributed by atoms with van der Waals surface area (Å²) >= 11 is 0. The molecule has 1 N–H and O–H groups in total. The highest BCUT2D eigenvalue weighted by atomic mass is 16.5. The molecule has 14 heavy (non-hydrogen) atoms. The fourth-order valence-corrected chi connectivity index (χ4v) is 2.89. The Kier molecular flexibility index (Phi) is 2.25. The second-order valence-electron chi connectivity index (χ2n) is 4.52. The van der Waals surface area contributed by atoms with E-state index < -0.39 is 0 Å². The lowest BCUT2D eigenvalue weighted by molar-refractivity contribution is -0.621. The van der Waals surface area contributed by atoms with E-state index in [0.29, 0.717) is 12.1 Å². The van der Waals surface area contributed by atoms with Gasteiger partial charge in [0.05, 0.1) is 5.92 Å². The molecule has 0 aromatic carbocycles. The minimum atomic E-state index is 0.305. The van der Waals surface area contributed by atoms with Crippen LogP contribution < -0.4 is 5.32 Å². The molecular weight excluding hydrogens is 178 g/mol. The monoisotopic (exact) mass is 196 g/mol. The zero-order chi connectivity index (χ0) is 9.38. The SMILES string of the molecule is C1CNC[C@H](C2CN=[N+]3CCOC23)C1. The first-order valence-corrected chi connectivity index (χ1v) is 5.71. The van der Waals surface area contributed by atoms with Crippen LogP contribution in [0.2, 0.25) is 0 Å². The Morgan fingerprint density at radius 2 is 2.43 bits per heavy atom. The van der Waals surface area contributed by atoms with Crippen molar-refractivity contribution in [3.8, 4) is 0 Å². The normalized spacial score (nSPS) is 42.3. The van der Waals surface area contributed by atoms with E-state index in [4.69, 9.17) is 4.74 Å². The first-order valence-electron chi connectivity index (χ1n) is 5.71. The molecule has 4 nitrogen and oxygen atoms in total. The molecule has 0 amide bonds. The van der Waals surface area contributed by atoms with Crippen molar-refractivity contribution in [2.75, 3.05) is 32.8 Å². The molecule has 0 bridgehead atoms. The fourth-order valence-electron chi connectivity index (χ4n) is 2.89. The standard InChI is InChI=1S/C10H18N3O/c1-2-8(6-11-3-1)9-7-12-13-4-5-14-10(9)13/h8-11H,1-7H2/q+1/t8-,9?,10?/m1/s1. The van der Waals surface area contributed by atoms with Gasteiger partial charge in [0.1, 0.15) is 13.2 Å². The fraction of sp³-hybridized carbons (Fsp3) is 1.00. The molecule has 2 saturated heterocycles. The number of hydrogen-bond acceptors (Lipinski definition) is 3. The van der Waals surface area contributed by atoms with E-state index in [-0.39, 0.29) is 0 Å². The van der Waals surface area contributed by atoms with Crippen molar-refractivity contribution in [2.24, 2.45) is 17.0 Å². The van der Waals surface area contributed by atoms with Gasteiger partial charge in [0.15, 0.2) is 6.54 Å². The summed E-state index contributed by atoms with van der Waals surface area (Å²) in [5.41, 5.74) is 0. The number of fused-ring (bicyclic) bond motifs is 1. The van der Waals surface area contributed by atoms with E-state index in [0.717, 1.165) is 32.2 Å². The van der Waals surface area contributed by atoms with Crippen molar-refractivity contribution in [3.63, 3.8) is 0 Å². The maximum absolute atomic E-state index is 5.75. The van der Waals surface area contributed by atoms with Gasteiger partial charge in [-0.1, -0.05) is 4.70 Å². The lowest BCUT2D eigenvalue weighted by Gasteiger charge is -2.27. The van der Waals surface area contributed by atoms with Gasteiger partial charge in [-0.25, -0.2) is 0 Å². The summed E-state index contributed by atoms with van der Waals surface area (Å²) in [6, 6.07) is 0. The van der Waals surface area contributed by atoms with E-state index in [1.54, 1.807) is 0 Å². The summed E-state index contributed by atoms with van der Waals surface area (Å²) < 4.78 is 7.90. The third kappa shape index (κ3) is 1.37. The van der Waals surface area contributed by atoms with Crippen molar-refractivity contribution in [1.82, 2.24) is 5.32 Å². The van der Waals surface area contributed by atoms with Gasteiger partial charge in [0, 0.05) is 0 Å². The topological polar surface area (TPSA) is 36.6 Å². The summed E-state index contributed by atoms with van der Waals surface area (Å²) in [6.07, 6.45) is 2.97. The predicted molar refractivity (Wildman–Crippen MR) is 51.2 cm³/mol. The predicted octanol–water partition coefficient (Wildman–Crippen LogP) is 0.437. The minimum absolute atomic E-state index is 0.305. The summed E-state index contributed by atoms with van der Waals surface area (Å²) in [6.45, 7) is 5.20. The molecule has 3 atom stereocenters. The van der Waals surface area contributed by atoms with Crippen LogP contribution >= 0.6 is 0 Å². The molecule has 3 heterocycles. The number of azo groups is 2. The first kappa shape index (κ1) is 8.80. The van der Waals surface area contributed by atoms with Crippen LogP contribution in [-0.2, 0) is 4.74 Å². The zero-order valence-electron chi connectivity index (χ0n) is 8.48. The highest BCUT2D eigenvalue weighted by Crippen LogP contribution is 2.31. The van der Waals surface area contributed by atoms with Crippen LogP contribution in [0.1, 0.15) is 12.8 Å². The van der Waals surface area contributed by atoms with Gasteiger partial charge in [-0.05, 0) is 37.0 Å². The number of nitrogens with one attached hydrogen (secondary N) is 1. The van der Waals surface area contributed by atoms with Gasteiger partial charge in [0.25, 0.3) is 6.23 Å². The van der Waals surface area contributed by atoms with Crippen molar-refractivity contribution in [1.29, 1.82) is 0 Å². The maximum Gasteiger partial charge on any atom is 0.287 e. The van der Waals surface area contributed by atoms with Crippen molar-refractivity contribution in [2.45, 2.75) is 19.1 Å². The molecule has 3 aliphatic rings. The van der Waals surface area contributed by atoms with Gasteiger partial charge in [-0.2, -0.15) is 0 Å². The molecule has 0 aromatic heterocycles. The summed E-state index contributed by atoms with van der Waals surface area (Å²) in [5.74, 6) is 1.42. The number of piperidine rings is 1. The molecule has 0 radical (unpaired) electrons. The number of hydrogen-bond donors (Lipinski definition) is 1. The van der Waals surface area contributed by atoms with Gasteiger partial charge in [-0.3, -0.25) is 0 Å². The highest BCUT2D eigenvalue weighted by Gasteiger charge is 2.47. The molecule has 0 spiro atoms. The molecule has 2 fully saturated rings. The lowest BCUT2D eigenvalue weighted by atomic mass is 9.85. The van der Waals surface area contributed by atoms with E-state index in [1.165, 1.54) is 19.4 Å². The van der Waals surface area contributed by atoms with Crippen LogP contribution in [0.3, 0.4) is 0 Å². The number of ether oxygens (including phenoxy) is 1. The summed E-state index contributed by atoms with van der Waals surface area (Å²) in [4.78, 5) is 0. The number of rotatable bonds is 1. The lowest BCUT2D eigenvalue weighted by Crippen LogP contribution is -2.39. The van der Waals surface area contributed by atoms with Crippen LogP contribution in [0.5, 0.6) is 0 Å². The average molecular weight is 196 g/mol. The molecule has 0 saturated carbocycles. The molecule has 0 aliphatic carbocycles. The van der Waals surface area contributed by atoms with Crippen LogP contribution in [0.15, 0.2) is 5.11 Å². The van der Waals surface area contributed by atoms with Crippen LogP contribution in [0, 0.1) is 11.8 Å². The van der Waals surface area contributed by atoms with Gasteiger partial charge in [-0.15, -0.1) is 0 Å². The van der Waals surface area contributed by atoms with Crippen LogP contribution in [0.4, 0.5) is 0 Å². The zero-order valence-corrected chi connectivity index (χ0v) is 8.48. The smallest absolute Gasteiger partial charge is 0.287 e. The molecule has 3 rings (SSSR count). The second kappa shape index (κ2) is 3.59. The Labute approximate surface area is 84.3 Å². The van der Waals surface area contributed by atoms with Crippen LogP contribution in [-0.4, -0.2) is 43.7 Å². The molecule has 2 unspecified atom stereocenters. The Morgan fingerprint density at radius 3 is 3.29 bits per heavy atom. The Bertz CT molecular complexity index is 248. The van der Waals surface area contributed by atoms with Gasteiger partial charge in [0.2, 0.25) is 0 Å². The molecule has 0 aromatic rings. The summed E-state index contributed by atoms with van der Waals surface area (Å²) in [7, 11) is 0. The molecule has 3 aliphatic heterocycles. The molecular formula is C10H18N3O+. The van der Waals surface area contributed by atoms with Crippen molar-refractivity contribution >= 4 is 0 Å². The largest absolute Gasteiger partial charge is 0.316 e.